The number of rotatable bonds is 3. The van der Waals surface area contributed by atoms with Gasteiger partial charge in [0.25, 0.3) is 0 Å². The zero-order chi connectivity index (χ0) is 12.3. The van der Waals surface area contributed by atoms with E-state index < -0.39 is 0 Å². The van der Waals surface area contributed by atoms with E-state index in [1.165, 1.54) is 4.88 Å². The SMILES string of the molecule is Cc1ccc(/C=C/C(=O)N2CCCC2CO)s1. The molecule has 4 heteroatoms. The van der Waals surface area contributed by atoms with Crippen LogP contribution in [0.4, 0.5) is 0 Å². The van der Waals surface area contributed by atoms with Gasteiger partial charge in [-0.05, 0) is 38.0 Å². The minimum atomic E-state index is 0.00704. The number of nitrogens with zero attached hydrogens (tertiary/aromatic N) is 1. The average Bonchev–Trinajstić information content (AvgIpc) is 2.94. The monoisotopic (exact) mass is 251 g/mol. The highest BCUT2D eigenvalue weighted by Crippen LogP contribution is 2.19. The van der Waals surface area contributed by atoms with Gasteiger partial charge in [0.15, 0.2) is 0 Å². The third kappa shape index (κ3) is 2.96. The lowest BCUT2D eigenvalue weighted by Gasteiger charge is -2.21. The van der Waals surface area contributed by atoms with Crippen molar-refractivity contribution in [1.29, 1.82) is 0 Å². The molecule has 0 bridgehead atoms. The molecule has 1 aromatic heterocycles. The van der Waals surface area contributed by atoms with E-state index in [1.807, 2.05) is 25.1 Å². The van der Waals surface area contributed by atoms with Crippen LogP contribution in [0.5, 0.6) is 0 Å². The van der Waals surface area contributed by atoms with Gasteiger partial charge in [-0.2, -0.15) is 0 Å². The summed E-state index contributed by atoms with van der Waals surface area (Å²) in [4.78, 5) is 16.0. The minimum Gasteiger partial charge on any atom is -0.394 e. The third-order valence-corrected chi connectivity index (χ3v) is 3.99. The Hall–Kier alpha value is -1.13. The van der Waals surface area contributed by atoms with Crippen molar-refractivity contribution in [2.75, 3.05) is 13.2 Å². The fraction of sp³-hybridized carbons (Fsp3) is 0.462. The predicted octanol–water partition coefficient (Wildman–Crippen LogP) is 2.05. The molecule has 0 saturated carbocycles. The van der Waals surface area contributed by atoms with Crippen molar-refractivity contribution in [3.05, 3.63) is 28.0 Å². The quantitative estimate of drug-likeness (QED) is 0.835. The van der Waals surface area contributed by atoms with Crippen LogP contribution in [0.2, 0.25) is 0 Å². The third-order valence-electron chi connectivity index (χ3n) is 3.02. The molecule has 0 aromatic carbocycles. The Kier molecular flexibility index (Phi) is 3.97. The van der Waals surface area contributed by atoms with Gasteiger partial charge in [-0.15, -0.1) is 11.3 Å². The van der Waals surface area contributed by atoms with Crippen molar-refractivity contribution in [2.45, 2.75) is 25.8 Å². The second kappa shape index (κ2) is 5.47. The van der Waals surface area contributed by atoms with Crippen molar-refractivity contribution < 1.29 is 9.90 Å². The molecule has 1 aliphatic heterocycles. The fourth-order valence-electron chi connectivity index (χ4n) is 2.11. The highest BCUT2D eigenvalue weighted by Gasteiger charge is 2.26. The zero-order valence-electron chi connectivity index (χ0n) is 9.93. The summed E-state index contributed by atoms with van der Waals surface area (Å²) in [6.45, 7) is 2.88. The summed E-state index contributed by atoms with van der Waals surface area (Å²) in [7, 11) is 0. The molecule has 1 aliphatic rings. The molecule has 0 radical (unpaired) electrons. The molecule has 1 saturated heterocycles. The van der Waals surface area contributed by atoms with E-state index in [2.05, 4.69) is 0 Å². The molecule has 1 aromatic rings. The van der Waals surface area contributed by atoms with Crippen LogP contribution >= 0.6 is 11.3 Å². The molecule has 2 heterocycles. The van der Waals surface area contributed by atoms with E-state index >= 15 is 0 Å². The average molecular weight is 251 g/mol. The van der Waals surface area contributed by atoms with Crippen molar-refractivity contribution >= 4 is 23.3 Å². The summed E-state index contributed by atoms with van der Waals surface area (Å²) in [5.41, 5.74) is 0. The van der Waals surface area contributed by atoms with Crippen LogP contribution in [0, 0.1) is 6.92 Å². The molecule has 1 amide bonds. The van der Waals surface area contributed by atoms with Gasteiger partial charge in [0.1, 0.15) is 0 Å². The van der Waals surface area contributed by atoms with Gasteiger partial charge >= 0.3 is 0 Å². The van der Waals surface area contributed by atoms with Crippen LogP contribution in [-0.4, -0.2) is 35.1 Å². The van der Waals surface area contributed by atoms with E-state index in [4.69, 9.17) is 5.11 Å². The number of likely N-dealkylation sites (tertiary alicyclic amines) is 1. The lowest BCUT2D eigenvalue weighted by molar-refractivity contribution is -0.127. The first kappa shape index (κ1) is 12.3. The van der Waals surface area contributed by atoms with E-state index in [9.17, 15) is 4.79 Å². The Morgan fingerprint density at radius 1 is 1.65 bits per heavy atom. The standard InChI is InChI=1S/C13H17NO2S/c1-10-4-5-12(17-10)6-7-13(16)14-8-2-3-11(14)9-15/h4-7,11,15H,2-3,8-9H2,1H3/b7-6+. The van der Waals surface area contributed by atoms with Crippen LogP contribution < -0.4 is 0 Å². The van der Waals surface area contributed by atoms with Crippen LogP contribution in [0.3, 0.4) is 0 Å². The highest BCUT2D eigenvalue weighted by atomic mass is 32.1. The van der Waals surface area contributed by atoms with Crippen molar-refractivity contribution in [3.8, 4) is 0 Å². The van der Waals surface area contributed by atoms with E-state index in [-0.39, 0.29) is 18.6 Å². The van der Waals surface area contributed by atoms with Gasteiger partial charge in [0.2, 0.25) is 5.91 Å². The van der Waals surface area contributed by atoms with E-state index in [0.717, 1.165) is 24.3 Å². The molecule has 92 valence electrons. The van der Waals surface area contributed by atoms with Gasteiger partial charge in [0.05, 0.1) is 12.6 Å². The molecular formula is C13H17NO2S. The lowest BCUT2D eigenvalue weighted by atomic mass is 10.2. The smallest absolute Gasteiger partial charge is 0.246 e. The van der Waals surface area contributed by atoms with Gasteiger partial charge in [0, 0.05) is 22.4 Å². The molecule has 1 atom stereocenters. The predicted molar refractivity (Wildman–Crippen MR) is 69.9 cm³/mol. The second-order valence-electron chi connectivity index (χ2n) is 4.29. The number of carbonyl (C=O) groups is 1. The zero-order valence-corrected chi connectivity index (χ0v) is 10.7. The second-order valence-corrected chi connectivity index (χ2v) is 5.61. The van der Waals surface area contributed by atoms with Gasteiger partial charge in [-0.25, -0.2) is 0 Å². The topological polar surface area (TPSA) is 40.5 Å². The number of amides is 1. The number of aliphatic hydroxyl groups excluding tert-OH is 1. The number of aliphatic hydroxyl groups is 1. The first-order valence-corrected chi connectivity index (χ1v) is 6.68. The fourth-order valence-corrected chi connectivity index (χ4v) is 2.89. The Morgan fingerprint density at radius 3 is 3.12 bits per heavy atom. The Morgan fingerprint density at radius 2 is 2.47 bits per heavy atom. The summed E-state index contributed by atoms with van der Waals surface area (Å²) in [6.07, 6.45) is 5.36. The maximum Gasteiger partial charge on any atom is 0.246 e. The molecular weight excluding hydrogens is 234 g/mol. The largest absolute Gasteiger partial charge is 0.394 e. The molecule has 0 spiro atoms. The van der Waals surface area contributed by atoms with E-state index in [1.54, 1.807) is 22.3 Å². The molecule has 17 heavy (non-hydrogen) atoms. The molecule has 1 unspecified atom stereocenters. The van der Waals surface area contributed by atoms with Crippen LogP contribution in [0.1, 0.15) is 22.6 Å². The van der Waals surface area contributed by atoms with Crippen molar-refractivity contribution in [3.63, 3.8) is 0 Å². The Bertz CT molecular complexity index is 425. The van der Waals surface area contributed by atoms with Crippen LogP contribution in [0.25, 0.3) is 6.08 Å². The molecule has 1 N–H and O–H groups in total. The maximum atomic E-state index is 11.9. The van der Waals surface area contributed by atoms with Crippen molar-refractivity contribution in [1.82, 2.24) is 4.90 Å². The summed E-state index contributed by atoms with van der Waals surface area (Å²) in [5, 5.41) is 9.16. The van der Waals surface area contributed by atoms with Crippen molar-refractivity contribution in [2.24, 2.45) is 0 Å². The molecule has 2 rings (SSSR count). The molecule has 3 nitrogen and oxygen atoms in total. The number of hydrogen-bond acceptors (Lipinski definition) is 3. The minimum absolute atomic E-state index is 0.00704. The molecule has 0 aliphatic carbocycles. The maximum absolute atomic E-state index is 11.9. The number of carbonyl (C=O) groups excluding carboxylic acids is 1. The highest BCUT2D eigenvalue weighted by molar-refractivity contribution is 7.12. The van der Waals surface area contributed by atoms with Crippen LogP contribution in [0.15, 0.2) is 18.2 Å². The number of aryl methyl sites for hydroxylation is 1. The molecule has 1 fully saturated rings. The Labute approximate surface area is 105 Å². The summed E-state index contributed by atoms with van der Waals surface area (Å²) in [6, 6.07) is 4.07. The van der Waals surface area contributed by atoms with E-state index in [0.29, 0.717) is 0 Å². The van der Waals surface area contributed by atoms with Gasteiger partial charge in [-0.1, -0.05) is 0 Å². The summed E-state index contributed by atoms with van der Waals surface area (Å²) >= 11 is 1.67. The van der Waals surface area contributed by atoms with Gasteiger partial charge in [-0.3, -0.25) is 4.79 Å². The number of hydrogen-bond donors (Lipinski definition) is 1. The lowest BCUT2D eigenvalue weighted by Crippen LogP contribution is -2.36. The summed E-state index contributed by atoms with van der Waals surface area (Å²) in [5.74, 6) is 0.00704. The number of thiophene rings is 1. The van der Waals surface area contributed by atoms with Crippen LogP contribution in [-0.2, 0) is 4.79 Å². The first-order valence-electron chi connectivity index (χ1n) is 5.86. The first-order chi connectivity index (χ1) is 8.20. The normalized spacial score (nSPS) is 20.4. The Balaban J connectivity index is 1.99. The summed E-state index contributed by atoms with van der Waals surface area (Å²) < 4.78 is 0. The van der Waals surface area contributed by atoms with Gasteiger partial charge < -0.3 is 10.0 Å².